The topological polar surface area (TPSA) is 183 Å². The maximum absolute atomic E-state index is 12.9. The second-order valence-corrected chi connectivity index (χ2v) is 7.50. The molecule has 4 rings (SSSR count). The molecule has 0 bridgehead atoms. The zero-order valence-corrected chi connectivity index (χ0v) is 16.4. The molecule has 11 heteroatoms. The first kappa shape index (κ1) is 21.8. The molecule has 6 atom stereocenters. The van der Waals surface area contributed by atoms with Gasteiger partial charge in [-0.1, -0.05) is 12.1 Å². The molecule has 32 heavy (non-hydrogen) atoms. The highest BCUT2D eigenvalue weighted by Gasteiger charge is 2.48. The van der Waals surface area contributed by atoms with E-state index in [9.17, 15) is 35.1 Å². The van der Waals surface area contributed by atoms with Gasteiger partial charge in [0.1, 0.15) is 53.0 Å². The second-order valence-electron chi connectivity index (χ2n) is 7.50. The van der Waals surface area contributed by atoms with Crippen LogP contribution in [0.4, 0.5) is 0 Å². The van der Waals surface area contributed by atoms with Crippen LogP contribution in [0.15, 0.2) is 36.4 Å². The third kappa shape index (κ3) is 3.94. The number of aliphatic hydroxyl groups excluding tert-OH is 3. The number of aliphatic hydroxyl groups is 3. The minimum Gasteiger partial charge on any atom is -0.508 e. The number of phenolic OH excluding ortho intramolecular Hbond substituents is 2. The van der Waals surface area contributed by atoms with Crippen molar-refractivity contribution >= 4 is 11.8 Å². The minimum atomic E-state index is -1.91. The van der Waals surface area contributed by atoms with E-state index in [1.807, 2.05) is 0 Å². The number of hydrogen-bond donors (Lipinski definition) is 6. The van der Waals surface area contributed by atoms with Crippen molar-refractivity contribution < 1.29 is 54.4 Å². The Bertz CT molecular complexity index is 1030. The number of carboxylic acids is 1. The van der Waals surface area contributed by atoms with Gasteiger partial charge in [0.25, 0.3) is 0 Å². The lowest BCUT2D eigenvalue weighted by Gasteiger charge is -2.38. The van der Waals surface area contributed by atoms with Crippen molar-refractivity contribution in [1.29, 1.82) is 0 Å². The van der Waals surface area contributed by atoms with Crippen LogP contribution in [0.5, 0.6) is 23.0 Å². The van der Waals surface area contributed by atoms with Gasteiger partial charge in [0.05, 0.1) is 6.42 Å². The summed E-state index contributed by atoms with van der Waals surface area (Å²) in [6, 6.07) is 8.31. The fraction of sp³-hybridized carbons (Fsp3) is 0.333. The summed E-state index contributed by atoms with van der Waals surface area (Å²) in [7, 11) is 0. The zero-order valence-electron chi connectivity index (χ0n) is 16.4. The molecular weight excluding hydrogens is 428 g/mol. The summed E-state index contributed by atoms with van der Waals surface area (Å²) < 4.78 is 16.4. The monoisotopic (exact) mass is 448 g/mol. The Labute approximate surface area is 180 Å². The summed E-state index contributed by atoms with van der Waals surface area (Å²) in [5.41, 5.74) is 0.543. The molecule has 2 aromatic carbocycles. The summed E-state index contributed by atoms with van der Waals surface area (Å²) in [5, 5.41) is 58.6. The molecule has 11 nitrogen and oxygen atoms in total. The molecule has 2 heterocycles. The first-order chi connectivity index (χ1) is 15.2. The van der Waals surface area contributed by atoms with Crippen molar-refractivity contribution in [2.45, 2.75) is 43.2 Å². The van der Waals surface area contributed by atoms with E-state index in [4.69, 9.17) is 19.3 Å². The van der Waals surface area contributed by atoms with Crippen LogP contribution in [0.2, 0.25) is 0 Å². The van der Waals surface area contributed by atoms with E-state index in [1.54, 1.807) is 12.1 Å². The van der Waals surface area contributed by atoms with Crippen LogP contribution < -0.4 is 9.47 Å². The number of benzene rings is 2. The molecule has 2 aromatic rings. The Hall–Kier alpha value is -3.38. The molecule has 0 radical (unpaired) electrons. The van der Waals surface area contributed by atoms with E-state index in [-0.39, 0.29) is 35.0 Å². The number of aliphatic carboxylic acids is 1. The maximum Gasteiger partial charge on any atom is 0.335 e. The largest absolute Gasteiger partial charge is 0.508 e. The maximum atomic E-state index is 12.9. The van der Waals surface area contributed by atoms with Crippen LogP contribution in [-0.4, -0.2) is 73.1 Å². The number of fused-ring (bicyclic) bond motifs is 1. The molecule has 1 fully saturated rings. The van der Waals surface area contributed by atoms with Crippen LogP contribution in [-0.2, 0) is 9.53 Å². The molecule has 2 aliphatic heterocycles. The average Bonchev–Trinajstić information content (AvgIpc) is 2.73. The lowest BCUT2D eigenvalue weighted by molar-refractivity contribution is -0.271. The van der Waals surface area contributed by atoms with Gasteiger partial charge in [-0.15, -0.1) is 0 Å². The van der Waals surface area contributed by atoms with Gasteiger partial charge in [0.2, 0.25) is 6.29 Å². The summed E-state index contributed by atoms with van der Waals surface area (Å²) in [6.45, 7) is 0. The van der Waals surface area contributed by atoms with Crippen molar-refractivity contribution in [2.24, 2.45) is 0 Å². The fourth-order valence-electron chi connectivity index (χ4n) is 3.65. The molecule has 0 aliphatic carbocycles. The molecule has 1 unspecified atom stereocenters. The number of Topliss-reactive ketones (excluding diaryl/α,β-unsaturated/α-hetero) is 1. The molecule has 0 spiro atoms. The number of ketones is 1. The van der Waals surface area contributed by atoms with Gasteiger partial charge in [-0.05, 0) is 17.7 Å². The van der Waals surface area contributed by atoms with Gasteiger partial charge < -0.3 is 44.8 Å². The first-order valence-electron chi connectivity index (χ1n) is 9.60. The van der Waals surface area contributed by atoms with Crippen molar-refractivity contribution in [2.75, 3.05) is 0 Å². The third-order valence-electron chi connectivity index (χ3n) is 5.29. The van der Waals surface area contributed by atoms with Crippen LogP contribution in [0, 0.1) is 0 Å². The first-order valence-corrected chi connectivity index (χ1v) is 9.60. The van der Waals surface area contributed by atoms with E-state index < -0.39 is 48.6 Å². The lowest BCUT2D eigenvalue weighted by Crippen LogP contribution is -2.61. The Kier molecular flexibility index (Phi) is 5.65. The van der Waals surface area contributed by atoms with Gasteiger partial charge in [0.15, 0.2) is 11.9 Å². The number of aromatic hydroxyl groups is 2. The van der Waals surface area contributed by atoms with Gasteiger partial charge in [0, 0.05) is 12.1 Å². The van der Waals surface area contributed by atoms with Crippen LogP contribution in [0.1, 0.15) is 28.4 Å². The highest BCUT2D eigenvalue weighted by atomic mass is 16.7. The standard InChI is InChI=1S/C21H20O11/c22-9-3-1-8(2-4-9)12-7-11(24)15-13(30-12)5-10(23)6-14(15)31-21-18(27)16(25)17(26)19(32-21)20(28)29/h1-6,12,16-19,21-23,25-27H,7H2,(H,28,29)/t12?,16-,17-,18+,19-,21+/m0/s1. The van der Waals surface area contributed by atoms with Gasteiger partial charge in [-0.25, -0.2) is 4.79 Å². The number of carbonyl (C=O) groups is 2. The molecular formula is C21H20O11. The number of carbonyl (C=O) groups excluding carboxylic acids is 1. The van der Waals surface area contributed by atoms with Crippen LogP contribution in [0.3, 0.4) is 0 Å². The molecule has 0 amide bonds. The van der Waals surface area contributed by atoms with Gasteiger partial charge >= 0.3 is 5.97 Å². The molecule has 0 saturated carbocycles. The van der Waals surface area contributed by atoms with Crippen molar-refractivity contribution in [3.05, 3.63) is 47.5 Å². The smallest absolute Gasteiger partial charge is 0.335 e. The number of hydrogen-bond acceptors (Lipinski definition) is 10. The Morgan fingerprint density at radius 3 is 2.31 bits per heavy atom. The van der Waals surface area contributed by atoms with E-state index in [0.29, 0.717) is 5.56 Å². The molecule has 1 saturated heterocycles. The molecule has 170 valence electrons. The SMILES string of the molecule is O=C1CC(c2ccc(O)cc2)Oc2cc(O)cc(O[C@@H]3O[C@H](C(=O)O)[C@@H](O)[C@H](O)[C@H]3O)c21. The Morgan fingerprint density at radius 1 is 0.969 bits per heavy atom. The van der Waals surface area contributed by atoms with Crippen LogP contribution >= 0.6 is 0 Å². The number of carboxylic acid groups (broad SMARTS) is 1. The summed E-state index contributed by atoms with van der Waals surface area (Å²) >= 11 is 0. The summed E-state index contributed by atoms with van der Waals surface area (Å²) in [5.74, 6) is -2.60. The number of rotatable bonds is 4. The normalized spacial score (nSPS) is 29.7. The molecule has 6 N–H and O–H groups in total. The van der Waals surface area contributed by atoms with Crippen molar-refractivity contribution in [1.82, 2.24) is 0 Å². The summed E-state index contributed by atoms with van der Waals surface area (Å²) in [4.78, 5) is 24.2. The summed E-state index contributed by atoms with van der Waals surface area (Å²) in [6.07, 6.45) is -10.1. The highest BCUT2D eigenvalue weighted by Crippen LogP contribution is 2.43. The van der Waals surface area contributed by atoms with Gasteiger partial charge in [-0.2, -0.15) is 0 Å². The van der Waals surface area contributed by atoms with E-state index in [2.05, 4.69) is 0 Å². The quantitative estimate of drug-likeness (QED) is 0.372. The average molecular weight is 448 g/mol. The van der Waals surface area contributed by atoms with E-state index in [0.717, 1.165) is 6.07 Å². The highest BCUT2D eigenvalue weighted by molar-refractivity contribution is 6.02. The van der Waals surface area contributed by atoms with E-state index >= 15 is 0 Å². The molecule has 2 aliphatic rings. The second kappa shape index (κ2) is 8.28. The predicted octanol–water partition coefficient (Wildman–Crippen LogP) is 0.0753. The Balaban J connectivity index is 1.64. The van der Waals surface area contributed by atoms with Gasteiger partial charge in [-0.3, -0.25) is 4.79 Å². The minimum absolute atomic E-state index is 0.0185. The third-order valence-corrected chi connectivity index (χ3v) is 5.29. The number of ether oxygens (including phenoxy) is 3. The van der Waals surface area contributed by atoms with Crippen LogP contribution in [0.25, 0.3) is 0 Å². The van der Waals surface area contributed by atoms with E-state index in [1.165, 1.54) is 18.2 Å². The molecule has 0 aromatic heterocycles. The Morgan fingerprint density at radius 2 is 1.66 bits per heavy atom. The zero-order chi connectivity index (χ0) is 23.2. The van der Waals surface area contributed by atoms with Crippen molar-refractivity contribution in [3.8, 4) is 23.0 Å². The number of phenols is 2. The van der Waals surface area contributed by atoms with Crippen molar-refractivity contribution in [3.63, 3.8) is 0 Å². The lowest BCUT2D eigenvalue weighted by atomic mass is 9.95. The fourth-order valence-corrected chi connectivity index (χ4v) is 3.65. The predicted molar refractivity (Wildman–Crippen MR) is 103 cm³/mol.